The summed E-state index contributed by atoms with van der Waals surface area (Å²) in [5.74, 6) is -2.36. The second-order valence-electron chi connectivity index (χ2n) is 4.05. The Labute approximate surface area is 137 Å². The van der Waals surface area contributed by atoms with Crippen molar-refractivity contribution >= 4 is 27.9 Å². The summed E-state index contributed by atoms with van der Waals surface area (Å²) in [5.41, 5.74) is -2.09. The van der Waals surface area contributed by atoms with E-state index in [1.165, 1.54) is 31.3 Å². The van der Waals surface area contributed by atoms with Gasteiger partial charge in [-0.25, -0.2) is 9.59 Å². The highest BCUT2D eigenvalue weighted by Gasteiger charge is 2.55. The third-order valence-corrected chi connectivity index (χ3v) is 3.17. The second kappa shape index (κ2) is 9.47. The molecule has 1 atom stereocenters. The van der Waals surface area contributed by atoms with Crippen LogP contribution in [0.5, 0.6) is 0 Å². The second-order valence-corrected chi connectivity index (χ2v) is 4.97. The SMILES string of the molecule is CC.CCOC(=O)C(C(=O)OF)(c1ccc(Br)cn1)N(C)C. The predicted octanol–water partition coefficient (Wildman–Crippen LogP) is 2.62. The lowest BCUT2D eigenvalue weighted by atomic mass is 9.93. The van der Waals surface area contributed by atoms with Crippen LogP contribution in [0.15, 0.2) is 22.8 Å². The Balaban J connectivity index is 0.00000211. The van der Waals surface area contributed by atoms with Gasteiger partial charge in [-0.3, -0.25) is 14.8 Å². The molecule has 1 heterocycles. The van der Waals surface area contributed by atoms with Crippen molar-refractivity contribution in [1.29, 1.82) is 0 Å². The van der Waals surface area contributed by atoms with Gasteiger partial charge in [0.1, 0.15) is 0 Å². The summed E-state index contributed by atoms with van der Waals surface area (Å²) < 4.78 is 18.0. The largest absolute Gasteiger partial charge is 0.464 e. The molecule has 22 heavy (non-hydrogen) atoms. The smallest absolute Gasteiger partial charge is 0.386 e. The third kappa shape index (κ3) is 4.01. The number of carbonyl (C=O) groups excluding carboxylic acids is 2. The number of likely N-dealkylation sites (N-methyl/N-ethyl adjacent to an activating group) is 1. The zero-order valence-corrected chi connectivity index (χ0v) is 14.8. The van der Waals surface area contributed by atoms with E-state index in [4.69, 9.17) is 4.74 Å². The van der Waals surface area contributed by atoms with Crippen LogP contribution in [0.2, 0.25) is 0 Å². The normalized spacial score (nSPS) is 12.7. The number of ether oxygens (including phenoxy) is 1. The lowest BCUT2D eigenvalue weighted by molar-refractivity contribution is -0.204. The molecule has 0 saturated heterocycles. The summed E-state index contributed by atoms with van der Waals surface area (Å²) in [5, 5.41) is 0. The fourth-order valence-corrected chi connectivity index (χ4v) is 2.00. The molecule has 0 N–H and O–H groups in total. The number of hydrogen-bond acceptors (Lipinski definition) is 6. The van der Waals surface area contributed by atoms with Gasteiger partial charge in [-0.1, -0.05) is 13.8 Å². The first-order chi connectivity index (χ1) is 10.4. The van der Waals surface area contributed by atoms with Crippen LogP contribution in [0.4, 0.5) is 4.53 Å². The molecule has 1 rings (SSSR count). The number of halogens is 2. The molecule has 0 amide bonds. The number of esters is 1. The molecular formula is C14H20BrFN2O4. The number of nitrogens with zero attached hydrogens (tertiary/aromatic N) is 2. The van der Waals surface area contributed by atoms with E-state index in [9.17, 15) is 14.1 Å². The molecule has 0 aromatic carbocycles. The van der Waals surface area contributed by atoms with Gasteiger partial charge in [0.05, 0.1) is 12.3 Å². The van der Waals surface area contributed by atoms with E-state index < -0.39 is 17.5 Å². The molecule has 8 heteroatoms. The lowest BCUT2D eigenvalue weighted by Gasteiger charge is -2.32. The minimum atomic E-state index is -2.09. The molecule has 0 saturated carbocycles. The molecular weight excluding hydrogens is 359 g/mol. The molecule has 0 aliphatic carbocycles. The van der Waals surface area contributed by atoms with Crippen molar-refractivity contribution in [3.8, 4) is 0 Å². The average Bonchev–Trinajstić information content (AvgIpc) is 2.51. The molecule has 1 unspecified atom stereocenters. The maximum atomic E-state index is 12.5. The zero-order valence-electron chi connectivity index (χ0n) is 13.2. The monoisotopic (exact) mass is 378 g/mol. The molecule has 1 aromatic rings. The Morgan fingerprint density at radius 3 is 2.27 bits per heavy atom. The van der Waals surface area contributed by atoms with Crippen molar-refractivity contribution in [1.82, 2.24) is 9.88 Å². The van der Waals surface area contributed by atoms with E-state index in [0.717, 1.165) is 0 Å². The summed E-state index contributed by atoms with van der Waals surface area (Å²) in [7, 11) is 2.86. The van der Waals surface area contributed by atoms with E-state index >= 15 is 0 Å². The van der Waals surface area contributed by atoms with Crippen LogP contribution < -0.4 is 0 Å². The minimum absolute atomic E-state index is 0.00630. The first-order valence-corrected chi connectivity index (χ1v) is 7.50. The van der Waals surface area contributed by atoms with Crippen molar-refractivity contribution in [2.24, 2.45) is 0 Å². The van der Waals surface area contributed by atoms with Crippen LogP contribution in [0.3, 0.4) is 0 Å². The molecule has 0 aliphatic heterocycles. The molecule has 124 valence electrons. The van der Waals surface area contributed by atoms with E-state index in [-0.39, 0.29) is 12.3 Å². The van der Waals surface area contributed by atoms with Gasteiger partial charge in [0.25, 0.3) is 5.54 Å². The summed E-state index contributed by atoms with van der Waals surface area (Å²) in [6.07, 6.45) is 1.39. The Morgan fingerprint density at radius 1 is 1.32 bits per heavy atom. The Bertz CT molecular complexity index is 496. The summed E-state index contributed by atoms with van der Waals surface area (Å²) in [6, 6.07) is 2.99. The number of rotatable bonds is 5. The molecule has 0 bridgehead atoms. The third-order valence-electron chi connectivity index (χ3n) is 2.71. The van der Waals surface area contributed by atoms with E-state index in [2.05, 4.69) is 25.9 Å². The highest BCUT2D eigenvalue weighted by molar-refractivity contribution is 9.10. The van der Waals surface area contributed by atoms with Gasteiger partial charge in [0.2, 0.25) is 0 Å². The fourth-order valence-electron chi connectivity index (χ4n) is 1.77. The van der Waals surface area contributed by atoms with Gasteiger partial charge in [-0.2, -0.15) is 0 Å². The van der Waals surface area contributed by atoms with Gasteiger partial charge in [0.15, 0.2) is 0 Å². The van der Waals surface area contributed by atoms with Gasteiger partial charge < -0.3 is 4.74 Å². The Kier molecular flexibility index (Phi) is 8.81. The zero-order chi connectivity index (χ0) is 17.3. The molecule has 0 radical (unpaired) electrons. The van der Waals surface area contributed by atoms with Crippen LogP contribution in [-0.4, -0.2) is 42.5 Å². The van der Waals surface area contributed by atoms with Crippen LogP contribution >= 0.6 is 15.9 Å². The standard InChI is InChI=1S/C12H14BrFN2O4.C2H6/c1-4-19-10(17)12(16(2)3,11(18)20-14)9-6-5-8(13)7-15-9;1-2/h5-7H,4H2,1-3H3;1-2H3. The number of aromatic nitrogens is 1. The summed E-state index contributed by atoms with van der Waals surface area (Å²) in [4.78, 5) is 32.6. The van der Waals surface area contributed by atoms with Crippen molar-refractivity contribution in [2.45, 2.75) is 26.3 Å². The number of hydrogen-bond donors (Lipinski definition) is 0. The van der Waals surface area contributed by atoms with Crippen LogP contribution in [0.1, 0.15) is 26.5 Å². The maximum absolute atomic E-state index is 12.5. The van der Waals surface area contributed by atoms with Crippen molar-refractivity contribution < 1.29 is 23.8 Å². The average molecular weight is 379 g/mol. The molecule has 6 nitrogen and oxygen atoms in total. The van der Waals surface area contributed by atoms with Crippen molar-refractivity contribution in [3.05, 3.63) is 28.5 Å². The lowest BCUT2D eigenvalue weighted by Crippen LogP contribution is -2.56. The Morgan fingerprint density at radius 2 is 1.91 bits per heavy atom. The van der Waals surface area contributed by atoms with Crippen molar-refractivity contribution in [3.63, 3.8) is 0 Å². The van der Waals surface area contributed by atoms with Gasteiger partial charge in [-0.05, 0) is 49.1 Å². The highest BCUT2D eigenvalue weighted by Crippen LogP contribution is 2.29. The summed E-state index contributed by atoms with van der Waals surface area (Å²) in [6.45, 7) is 5.61. The molecule has 0 aliphatic rings. The van der Waals surface area contributed by atoms with Crippen LogP contribution in [0, 0.1) is 0 Å². The topological polar surface area (TPSA) is 68.7 Å². The van der Waals surface area contributed by atoms with E-state index in [1.807, 2.05) is 13.8 Å². The van der Waals surface area contributed by atoms with Gasteiger partial charge >= 0.3 is 11.9 Å². The van der Waals surface area contributed by atoms with Gasteiger partial charge in [0, 0.05) is 15.2 Å². The minimum Gasteiger partial charge on any atom is -0.464 e. The first-order valence-electron chi connectivity index (χ1n) is 6.70. The molecule has 0 fully saturated rings. The first kappa shape index (κ1) is 20.5. The highest BCUT2D eigenvalue weighted by atomic mass is 79.9. The quantitative estimate of drug-likeness (QED) is 0.579. The molecule has 0 spiro atoms. The van der Waals surface area contributed by atoms with Crippen LogP contribution in [0.25, 0.3) is 0 Å². The number of carbonyl (C=O) groups is 2. The Hall–Kier alpha value is -1.54. The fraction of sp³-hybridized carbons (Fsp3) is 0.500. The van der Waals surface area contributed by atoms with E-state index in [0.29, 0.717) is 4.47 Å². The number of pyridine rings is 1. The predicted molar refractivity (Wildman–Crippen MR) is 82.5 cm³/mol. The molecule has 1 aromatic heterocycles. The summed E-state index contributed by atoms with van der Waals surface area (Å²) >= 11 is 3.19. The maximum Gasteiger partial charge on any atom is 0.386 e. The van der Waals surface area contributed by atoms with Gasteiger partial charge in [-0.15, -0.1) is 0 Å². The van der Waals surface area contributed by atoms with Crippen LogP contribution in [-0.2, 0) is 24.8 Å². The van der Waals surface area contributed by atoms with E-state index in [1.54, 1.807) is 13.0 Å². The van der Waals surface area contributed by atoms with Crippen molar-refractivity contribution in [2.75, 3.05) is 20.7 Å².